The lowest BCUT2D eigenvalue weighted by Gasteiger charge is -2.11. The molecule has 0 saturated carbocycles. The van der Waals surface area contributed by atoms with Crippen molar-refractivity contribution in [2.75, 3.05) is 5.32 Å². The van der Waals surface area contributed by atoms with E-state index in [9.17, 15) is 0 Å². The third-order valence-electron chi connectivity index (χ3n) is 3.17. The summed E-state index contributed by atoms with van der Waals surface area (Å²) in [6.07, 6.45) is 3.71. The molecule has 20 heavy (non-hydrogen) atoms. The molecule has 3 aromatic rings. The van der Waals surface area contributed by atoms with Crippen molar-refractivity contribution < 1.29 is 0 Å². The van der Waals surface area contributed by atoms with Crippen LogP contribution in [0.5, 0.6) is 0 Å². The highest BCUT2D eigenvalue weighted by atomic mass is 127. The predicted molar refractivity (Wildman–Crippen MR) is 93.2 cm³/mol. The van der Waals surface area contributed by atoms with Gasteiger partial charge < -0.3 is 5.32 Å². The molecule has 1 N–H and O–H groups in total. The number of benzene rings is 2. The van der Waals surface area contributed by atoms with Crippen LogP contribution in [0, 0.1) is 3.57 Å². The summed E-state index contributed by atoms with van der Waals surface area (Å²) in [5.74, 6) is 0. The Morgan fingerprint density at radius 3 is 2.90 bits per heavy atom. The van der Waals surface area contributed by atoms with Gasteiger partial charge in [0.05, 0.1) is 10.7 Å². The van der Waals surface area contributed by atoms with Gasteiger partial charge in [-0.25, -0.2) is 0 Å². The molecule has 1 heterocycles. The van der Waals surface area contributed by atoms with Gasteiger partial charge in [0.15, 0.2) is 0 Å². The maximum atomic E-state index is 6.24. The number of halogens is 2. The molecule has 2 nitrogen and oxygen atoms in total. The minimum absolute atomic E-state index is 0.738. The van der Waals surface area contributed by atoms with Gasteiger partial charge in [0.25, 0.3) is 0 Å². The van der Waals surface area contributed by atoms with Crippen molar-refractivity contribution in [2.24, 2.45) is 0 Å². The molecule has 100 valence electrons. The van der Waals surface area contributed by atoms with E-state index in [1.807, 2.05) is 36.7 Å². The first-order chi connectivity index (χ1) is 9.74. The number of nitrogens with zero attached hydrogens (tertiary/aromatic N) is 1. The number of fused-ring (bicyclic) bond motifs is 1. The lowest BCUT2D eigenvalue weighted by molar-refractivity contribution is 1.16. The number of anilines is 1. The number of aromatic nitrogens is 1. The van der Waals surface area contributed by atoms with E-state index in [4.69, 9.17) is 11.6 Å². The molecule has 0 radical (unpaired) electrons. The van der Waals surface area contributed by atoms with E-state index in [1.165, 1.54) is 10.9 Å². The van der Waals surface area contributed by atoms with Crippen molar-refractivity contribution in [1.82, 2.24) is 4.98 Å². The van der Waals surface area contributed by atoms with Crippen LogP contribution in [0.4, 0.5) is 5.69 Å². The summed E-state index contributed by atoms with van der Waals surface area (Å²) in [5, 5.41) is 6.51. The van der Waals surface area contributed by atoms with Crippen LogP contribution in [0.2, 0.25) is 5.02 Å². The van der Waals surface area contributed by atoms with Crippen LogP contribution in [0.25, 0.3) is 10.8 Å². The van der Waals surface area contributed by atoms with Crippen LogP contribution in [0.3, 0.4) is 0 Å². The molecule has 0 aliphatic rings. The molecule has 2 aromatic carbocycles. The summed E-state index contributed by atoms with van der Waals surface area (Å²) in [6.45, 7) is 0.738. The first-order valence-electron chi connectivity index (χ1n) is 6.24. The molecule has 0 unspecified atom stereocenters. The number of pyridine rings is 1. The number of hydrogen-bond donors (Lipinski definition) is 1. The van der Waals surface area contributed by atoms with E-state index >= 15 is 0 Å². The average molecular weight is 395 g/mol. The van der Waals surface area contributed by atoms with Gasteiger partial charge >= 0.3 is 0 Å². The fourth-order valence-electron chi connectivity index (χ4n) is 2.17. The summed E-state index contributed by atoms with van der Waals surface area (Å²) in [4.78, 5) is 4.15. The maximum absolute atomic E-state index is 6.24. The molecule has 0 spiro atoms. The second kappa shape index (κ2) is 5.97. The Balaban J connectivity index is 1.87. The van der Waals surface area contributed by atoms with Crippen LogP contribution >= 0.6 is 34.2 Å². The molecule has 3 rings (SSSR count). The highest BCUT2D eigenvalue weighted by Crippen LogP contribution is 2.25. The van der Waals surface area contributed by atoms with Gasteiger partial charge in [-0.1, -0.05) is 29.8 Å². The smallest absolute Gasteiger partial charge is 0.0648 e. The zero-order valence-electron chi connectivity index (χ0n) is 10.6. The Kier molecular flexibility index (Phi) is 4.08. The third-order valence-corrected chi connectivity index (χ3v) is 4.16. The molecule has 0 amide bonds. The molecule has 0 aliphatic heterocycles. The van der Waals surface area contributed by atoms with E-state index in [-0.39, 0.29) is 0 Å². The minimum atomic E-state index is 0.738. The minimum Gasteiger partial charge on any atom is -0.380 e. The van der Waals surface area contributed by atoms with Crippen LogP contribution in [-0.2, 0) is 6.54 Å². The van der Waals surface area contributed by atoms with Gasteiger partial charge in [-0.15, -0.1) is 0 Å². The first kappa shape index (κ1) is 13.6. The van der Waals surface area contributed by atoms with E-state index in [2.05, 4.69) is 51.1 Å². The Labute approximate surface area is 136 Å². The Morgan fingerprint density at radius 2 is 2.05 bits per heavy atom. The SMILES string of the molecule is Clc1cc(I)ccc1NCc1cccc2cnccc12. The monoisotopic (exact) mass is 394 g/mol. The highest BCUT2D eigenvalue weighted by Gasteiger charge is 2.03. The van der Waals surface area contributed by atoms with Crippen molar-refractivity contribution in [2.45, 2.75) is 6.54 Å². The normalized spacial score (nSPS) is 10.7. The van der Waals surface area contributed by atoms with E-state index < -0.39 is 0 Å². The standard InChI is InChI=1S/C16H12ClIN2/c17-15-8-13(18)4-5-16(15)20-10-12-3-1-2-11-9-19-7-6-14(11)12/h1-9,20H,10H2. The molecule has 0 saturated heterocycles. The number of rotatable bonds is 3. The molecular weight excluding hydrogens is 383 g/mol. The lowest BCUT2D eigenvalue weighted by Crippen LogP contribution is -2.00. The highest BCUT2D eigenvalue weighted by molar-refractivity contribution is 14.1. The van der Waals surface area contributed by atoms with E-state index in [1.54, 1.807) is 0 Å². The Morgan fingerprint density at radius 1 is 1.15 bits per heavy atom. The molecule has 0 bridgehead atoms. The van der Waals surface area contributed by atoms with Crippen molar-refractivity contribution >= 4 is 50.7 Å². The van der Waals surface area contributed by atoms with Crippen LogP contribution in [0.15, 0.2) is 54.9 Å². The van der Waals surface area contributed by atoms with Gasteiger partial charge in [-0.05, 0) is 57.8 Å². The molecule has 0 atom stereocenters. The molecule has 0 fully saturated rings. The molecular formula is C16H12ClIN2. The van der Waals surface area contributed by atoms with Crippen LogP contribution in [0.1, 0.15) is 5.56 Å². The molecule has 1 aromatic heterocycles. The largest absolute Gasteiger partial charge is 0.380 e. The van der Waals surface area contributed by atoms with Gasteiger partial charge in [0.1, 0.15) is 0 Å². The van der Waals surface area contributed by atoms with Crippen LogP contribution < -0.4 is 5.32 Å². The molecule has 0 aliphatic carbocycles. The summed E-state index contributed by atoms with van der Waals surface area (Å²) < 4.78 is 1.13. The second-order valence-corrected chi connectivity index (χ2v) is 6.14. The summed E-state index contributed by atoms with van der Waals surface area (Å²) in [5.41, 5.74) is 2.19. The average Bonchev–Trinajstić information content (AvgIpc) is 2.46. The van der Waals surface area contributed by atoms with Crippen molar-refractivity contribution in [3.05, 3.63) is 69.0 Å². The Hall–Kier alpha value is -1.33. The molecule has 4 heteroatoms. The zero-order chi connectivity index (χ0) is 13.9. The maximum Gasteiger partial charge on any atom is 0.0648 e. The number of hydrogen-bond acceptors (Lipinski definition) is 2. The summed E-state index contributed by atoms with van der Waals surface area (Å²) in [7, 11) is 0. The zero-order valence-corrected chi connectivity index (χ0v) is 13.5. The second-order valence-electron chi connectivity index (χ2n) is 4.49. The van der Waals surface area contributed by atoms with Gasteiger partial charge in [0.2, 0.25) is 0 Å². The lowest BCUT2D eigenvalue weighted by atomic mass is 10.1. The van der Waals surface area contributed by atoms with Gasteiger partial charge in [-0.3, -0.25) is 4.98 Å². The number of nitrogens with one attached hydrogen (secondary N) is 1. The third kappa shape index (κ3) is 2.88. The van der Waals surface area contributed by atoms with Crippen molar-refractivity contribution in [3.63, 3.8) is 0 Å². The topological polar surface area (TPSA) is 24.9 Å². The van der Waals surface area contributed by atoms with Crippen LogP contribution in [-0.4, -0.2) is 4.98 Å². The predicted octanol–water partition coefficient (Wildman–Crippen LogP) is 5.10. The summed E-state index contributed by atoms with van der Waals surface area (Å²) in [6, 6.07) is 14.3. The fraction of sp³-hybridized carbons (Fsp3) is 0.0625. The quantitative estimate of drug-likeness (QED) is 0.625. The fourth-order valence-corrected chi connectivity index (χ4v) is 3.09. The Bertz CT molecular complexity index is 753. The van der Waals surface area contributed by atoms with E-state index in [0.29, 0.717) is 0 Å². The first-order valence-corrected chi connectivity index (χ1v) is 7.70. The van der Waals surface area contributed by atoms with Crippen molar-refractivity contribution in [3.8, 4) is 0 Å². The van der Waals surface area contributed by atoms with Gasteiger partial charge in [-0.2, -0.15) is 0 Å². The van der Waals surface area contributed by atoms with E-state index in [0.717, 1.165) is 26.2 Å². The van der Waals surface area contributed by atoms with Crippen molar-refractivity contribution in [1.29, 1.82) is 0 Å². The summed E-state index contributed by atoms with van der Waals surface area (Å²) >= 11 is 8.49. The van der Waals surface area contributed by atoms with Gasteiger partial charge in [0, 0.05) is 27.9 Å².